The smallest absolute Gasteiger partial charge is 0.165 e. The Morgan fingerprint density at radius 1 is 1.35 bits per heavy atom. The van der Waals surface area contributed by atoms with E-state index in [1.165, 1.54) is 0 Å². The van der Waals surface area contributed by atoms with Gasteiger partial charge in [-0.25, -0.2) is 0 Å². The molecule has 1 rings (SSSR count). The molecule has 0 aliphatic rings. The Morgan fingerprint density at radius 3 is 2.82 bits per heavy atom. The summed E-state index contributed by atoms with van der Waals surface area (Å²) in [5.74, 6) is 1.55. The minimum Gasteiger partial charge on any atom is -0.493 e. The molecule has 92 valence electrons. The summed E-state index contributed by atoms with van der Waals surface area (Å²) < 4.78 is 11.0. The van der Waals surface area contributed by atoms with Crippen molar-refractivity contribution in [3.8, 4) is 17.6 Å². The molecular formula is C13H16BrNO2. The van der Waals surface area contributed by atoms with Crippen LogP contribution in [0.2, 0.25) is 0 Å². The van der Waals surface area contributed by atoms with Gasteiger partial charge in [-0.15, -0.1) is 0 Å². The van der Waals surface area contributed by atoms with Gasteiger partial charge < -0.3 is 9.47 Å². The van der Waals surface area contributed by atoms with Crippen molar-refractivity contribution >= 4 is 15.9 Å². The maximum Gasteiger partial charge on any atom is 0.165 e. The normalized spacial score (nSPS) is 9.71. The molecule has 0 saturated heterocycles. The standard InChI is InChI=1S/C13H16BrNO2/c1-16-12-7-5-6-11(10-14)13(12)17-9-4-2-3-8-15/h5-7H,2-4,9-10H2,1H3. The average Bonchev–Trinajstić information content (AvgIpc) is 2.38. The summed E-state index contributed by atoms with van der Waals surface area (Å²) >= 11 is 3.43. The van der Waals surface area contributed by atoms with Crippen LogP contribution < -0.4 is 9.47 Å². The van der Waals surface area contributed by atoms with E-state index in [1.54, 1.807) is 7.11 Å². The van der Waals surface area contributed by atoms with Crippen LogP contribution in [0.15, 0.2) is 18.2 Å². The quantitative estimate of drug-likeness (QED) is 0.570. The molecule has 0 unspecified atom stereocenters. The molecule has 0 spiro atoms. The molecule has 0 aromatic heterocycles. The number of unbranched alkanes of at least 4 members (excludes halogenated alkanes) is 2. The van der Waals surface area contributed by atoms with Crippen molar-refractivity contribution in [2.75, 3.05) is 13.7 Å². The molecule has 17 heavy (non-hydrogen) atoms. The molecule has 0 aliphatic carbocycles. The van der Waals surface area contributed by atoms with Gasteiger partial charge in [-0.1, -0.05) is 28.1 Å². The lowest BCUT2D eigenvalue weighted by Gasteiger charge is -2.13. The molecule has 0 N–H and O–H groups in total. The summed E-state index contributed by atoms with van der Waals surface area (Å²) in [7, 11) is 1.63. The van der Waals surface area contributed by atoms with Crippen LogP contribution in [0.1, 0.15) is 24.8 Å². The fourth-order valence-corrected chi connectivity index (χ4v) is 1.91. The second-order valence-electron chi connectivity index (χ2n) is 3.55. The van der Waals surface area contributed by atoms with E-state index in [1.807, 2.05) is 18.2 Å². The maximum absolute atomic E-state index is 8.43. The monoisotopic (exact) mass is 297 g/mol. The van der Waals surface area contributed by atoms with Crippen LogP contribution in [-0.2, 0) is 5.33 Å². The van der Waals surface area contributed by atoms with E-state index in [4.69, 9.17) is 14.7 Å². The molecule has 1 aromatic carbocycles. The van der Waals surface area contributed by atoms with E-state index in [0.717, 1.165) is 35.2 Å². The van der Waals surface area contributed by atoms with Gasteiger partial charge in [0, 0.05) is 17.3 Å². The van der Waals surface area contributed by atoms with Crippen molar-refractivity contribution in [3.05, 3.63) is 23.8 Å². The summed E-state index contributed by atoms with van der Waals surface area (Å²) in [6, 6.07) is 7.95. The Balaban J connectivity index is 2.59. The number of nitriles is 1. The lowest BCUT2D eigenvalue weighted by Crippen LogP contribution is -2.01. The van der Waals surface area contributed by atoms with Crippen LogP contribution in [0.3, 0.4) is 0 Å². The summed E-state index contributed by atoms with van der Waals surface area (Å²) in [5.41, 5.74) is 1.07. The first-order valence-electron chi connectivity index (χ1n) is 5.55. The fourth-order valence-electron chi connectivity index (χ4n) is 1.47. The number of hydrogen-bond donors (Lipinski definition) is 0. The first-order valence-corrected chi connectivity index (χ1v) is 6.67. The zero-order valence-electron chi connectivity index (χ0n) is 9.91. The van der Waals surface area contributed by atoms with Crippen LogP contribution in [-0.4, -0.2) is 13.7 Å². The van der Waals surface area contributed by atoms with Crippen LogP contribution in [0.25, 0.3) is 0 Å². The molecule has 0 heterocycles. The summed E-state index contributed by atoms with van der Waals surface area (Å²) in [5, 5.41) is 9.16. The minimum atomic E-state index is 0.584. The molecule has 0 amide bonds. The van der Waals surface area contributed by atoms with Crippen molar-refractivity contribution in [2.24, 2.45) is 0 Å². The van der Waals surface area contributed by atoms with Crippen LogP contribution in [0.5, 0.6) is 11.5 Å². The van der Waals surface area contributed by atoms with Gasteiger partial charge in [0.15, 0.2) is 11.5 Å². The van der Waals surface area contributed by atoms with Crippen LogP contribution in [0.4, 0.5) is 0 Å². The van der Waals surface area contributed by atoms with E-state index in [0.29, 0.717) is 13.0 Å². The third-order valence-electron chi connectivity index (χ3n) is 2.35. The van der Waals surface area contributed by atoms with Gasteiger partial charge >= 0.3 is 0 Å². The highest BCUT2D eigenvalue weighted by atomic mass is 79.9. The maximum atomic E-state index is 8.43. The van der Waals surface area contributed by atoms with Crippen molar-refractivity contribution in [3.63, 3.8) is 0 Å². The van der Waals surface area contributed by atoms with Gasteiger partial charge in [0.2, 0.25) is 0 Å². The second-order valence-corrected chi connectivity index (χ2v) is 4.11. The minimum absolute atomic E-state index is 0.584. The lowest BCUT2D eigenvalue weighted by molar-refractivity contribution is 0.285. The Morgan fingerprint density at radius 2 is 2.18 bits per heavy atom. The van der Waals surface area contributed by atoms with Crippen molar-refractivity contribution < 1.29 is 9.47 Å². The van der Waals surface area contributed by atoms with Crippen LogP contribution in [0, 0.1) is 11.3 Å². The van der Waals surface area contributed by atoms with Gasteiger partial charge in [0.25, 0.3) is 0 Å². The Bertz CT molecular complexity index is 365. The van der Waals surface area contributed by atoms with Crippen molar-refractivity contribution in [1.29, 1.82) is 5.26 Å². The van der Waals surface area contributed by atoms with Crippen LogP contribution >= 0.6 is 15.9 Å². The Kier molecular flexibility index (Phi) is 6.49. The predicted octanol–water partition coefficient (Wildman–Crippen LogP) is 3.66. The third kappa shape index (κ3) is 4.27. The highest BCUT2D eigenvalue weighted by Crippen LogP contribution is 2.32. The van der Waals surface area contributed by atoms with E-state index in [-0.39, 0.29) is 0 Å². The Hall–Kier alpha value is -1.21. The second kappa shape index (κ2) is 7.97. The van der Waals surface area contributed by atoms with Gasteiger partial charge in [-0.05, 0) is 18.9 Å². The molecule has 0 radical (unpaired) electrons. The lowest BCUT2D eigenvalue weighted by atomic mass is 10.2. The molecule has 0 fully saturated rings. The average molecular weight is 298 g/mol. The number of halogens is 1. The molecule has 0 bridgehead atoms. The van der Waals surface area contributed by atoms with E-state index in [2.05, 4.69) is 22.0 Å². The topological polar surface area (TPSA) is 42.2 Å². The number of hydrogen-bond acceptors (Lipinski definition) is 3. The van der Waals surface area contributed by atoms with Crippen molar-refractivity contribution in [1.82, 2.24) is 0 Å². The molecule has 0 aliphatic heterocycles. The SMILES string of the molecule is COc1cccc(CBr)c1OCCCCC#N. The fraction of sp³-hybridized carbons (Fsp3) is 0.462. The van der Waals surface area contributed by atoms with E-state index in [9.17, 15) is 0 Å². The summed E-state index contributed by atoms with van der Waals surface area (Å²) in [6.45, 7) is 0.613. The molecule has 0 saturated carbocycles. The van der Waals surface area contributed by atoms with Crippen molar-refractivity contribution in [2.45, 2.75) is 24.6 Å². The Labute approximate surface area is 110 Å². The molecule has 1 aromatic rings. The highest BCUT2D eigenvalue weighted by Gasteiger charge is 2.09. The zero-order chi connectivity index (χ0) is 12.5. The molecule has 3 nitrogen and oxygen atoms in total. The predicted molar refractivity (Wildman–Crippen MR) is 70.6 cm³/mol. The van der Waals surface area contributed by atoms with E-state index < -0.39 is 0 Å². The number of alkyl halides is 1. The number of benzene rings is 1. The largest absolute Gasteiger partial charge is 0.493 e. The number of para-hydroxylation sites is 1. The van der Waals surface area contributed by atoms with Gasteiger partial charge in [0.1, 0.15) is 0 Å². The first-order chi connectivity index (χ1) is 8.33. The van der Waals surface area contributed by atoms with Gasteiger partial charge in [-0.2, -0.15) is 5.26 Å². The van der Waals surface area contributed by atoms with E-state index >= 15 is 0 Å². The molecular weight excluding hydrogens is 282 g/mol. The van der Waals surface area contributed by atoms with Gasteiger partial charge in [0.05, 0.1) is 19.8 Å². The number of nitrogens with zero attached hydrogens (tertiary/aromatic N) is 1. The summed E-state index contributed by atoms with van der Waals surface area (Å²) in [4.78, 5) is 0. The first kappa shape index (κ1) is 13.9. The van der Waals surface area contributed by atoms with Gasteiger partial charge in [-0.3, -0.25) is 0 Å². The zero-order valence-corrected chi connectivity index (χ0v) is 11.5. The number of methoxy groups -OCH3 is 1. The summed E-state index contributed by atoms with van der Waals surface area (Å²) in [6.07, 6.45) is 2.34. The third-order valence-corrected chi connectivity index (χ3v) is 2.96. The molecule has 0 atom stereocenters. The number of rotatable bonds is 7. The molecule has 4 heteroatoms. The highest BCUT2D eigenvalue weighted by molar-refractivity contribution is 9.08. The number of ether oxygens (including phenoxy) is 2.